The molecule has 8 nitrogen and oxygen atoms in total. The average molecular weight is 445 g/mol. The number of methoxy groups -OCH3 is 1. The number of carbonyl (C=O) groups excluding carboxylic acids is 3. The molecule has 0 bridgehead atoms. The van der Waals surface area contributed by atoms with Crippen molar-refractivity contribution in [2.24, 2.45) is 0 Å². The van der Waals surface area contributed by atoms with Gasteiger partial charge in [0.25, 0.3) is 11.7 Å². The first-order valence-corrected chi connectivity index (χ1v) is 10.3. The maximum atomic E-state index is 13.2. The summed E-state index contributed by atoms with van der Waals surface area (Å²) < 4.78 is 4.80. The van der Waals surface area contributed by atoms with Gasteiger partial charge >= 0.3 is 5.97 Å². The third-order valence-electron chi connectivity index (χ3n) is 5.79. The number of aromatic nitrogens is 2. The molecule has 1 fully saturated rings. The summed E-state index contributed by atoms with van der Waals surface area (Å²) in [5.41, 5.74) is 2.80. The summed E-state index contributed by atoms with van der Waals surface area (Å²) in [6.45, 7) is 3.47. The van der Waals surface area contributed by atoms with E-state index in [9.17, 15) is 19.5 Å². The van der Waals surface area contributed by atoms with E-state index in [1.165, 1.54) is 12.0 Å². The Morgan fingerprint density at radius 2 is 1.88 bits per heavy atom. The number of aryl methyl sites for hydroxylation is 1. The number of aliphatic hydroxyl groups is 1. The molecule has 0 spiro atoms. The average Bonchev–Trinajstić information content (AvgIpc) is 3.27. The minimum atomic E-state index is -0.804. The summed E-state index contributed by atoms with van der Waals surface area (Å²) in [6, 6.07) is 11.8. The first-order chi connectivity index (χ1) is 15.8. The lowest BCUT2D eigenvalue weighted by molar-refractivity contribution is -0.140. The van der Waals surface area contributed by atoms with Gasteiger partial charge in [-0.3, -0.25) is 14.6 Å². The van der Waals surface area contributed by atoms with Crippen LogP contribution in [-0.4, -0.2) is 44.7 Å². The van der Waals surface area contributed by atoms with Gasteiger partial charge in [-0.25, -0.2) is 4.79 Å². The molecule has 3 heterocycles. The molecule has 1 aliphatic rings. The summed E-state index contributed by atoms with van der Waals surface area (Å²) in [5.74, 6) is -2.43. The number of esters is 1. The minimum Gasteiger partial charge on any atom is -0.507 e. The number of Topliss-reactive ketones (excluding diaryl/α,β-unsaturated/α-hetero) is 1. The number of aliphatic hydroxyl groups excluding tert-OH is 1. The number of benzene rings is 1. The third kappa shape index (κ3) is 3.80. The fourth-order valence-electron chi connectivity index (χ4n) is 4.26. The second kappa shape index (κ2) is 8.74. The summed E-state index contributed by atoms with van der Waals surface area (Å²) in [4.78, 5) is 46.8. The van der Waals surface area contributed by atoms with Gasteiger partial charge in [0.1, 0.15) is 11.5 Å². The number of rotatable bonds is 5. The van der Waals surface area contributed by atoms with Crippen LogP contribution in [0.2, 0.25) is 0 Å². The van der Waals surface area contributed by atoms with Gasteiger partial charge in [-0.15, -0.1) is 0 Å². The Labute approximate surface area is 190 Å². The highest BCUT2D eigenvalue weighted by molar-refractivity contribution is 6.46. The van der Waals surface area contributed by atoms with Gasteiger partial charge < -0.3 is 19.7 Å². The molecule has 1 amide bonds. The van der Waals surface area contributed by atoms with Crippen molar-refractivity contribution in [1.29, 1.82) is 0 Å². The third-order valence-corrected chi connectivity index (χ3v) is 5.79. The highest BCUT2D eigenvalue weighted by atomic mass is 16.5. The molecule has 2 N–H and O–H groups in total. The smallest absolute Gasteiger partial charge is 0.354 e. The molecule has 1 aliphatic heterocycles. The Morgan fingerprint density at radius 1 is 1.15 bits per heavy atom. The van der Waals surface area contributed by atoms with Gasteiger partial charge in [-0.05, 0) is 36.6 Å². The molecule has 0 radical (unpaired) electrons. The summed E-state index contributed by atoms with van der Waals surface area (Å²) in [5, 5.41) is 11.3. The molecule has 1 saturated heterocycles. The monoisotopic (exact) mass is 445 g/mol. The number of nitrogens with one attached hydrogen (secondary N) is 1. The van der Waals surface area contributed by atoms with Crippen LogP contribution in [0.3, 0.4) is 0 Å². The Kier molecular flexibility index (Phi) is 5.83. The Morgan fingerprint density at radius 3 is 2.52 bits per heavy atom. The molecule has 0 unspecified atom stereocenters. The fourth-order valence-corrected chi connectivity index (χ4v) is 4.26. The topological polar surface area (TPSA) is 113 Å². The van der Waals surface area contributed by atoms with E-state index in [2.05, 4.69) is 9.97 Å². The van der Waals surface area contributed by atoms with Crippen LogP contribution in [-0.2, 0) is 20.9 Å². The maximum absolute atomic E-state index is 13.2. The van der Waals surface area contributed by atoms with Crippen molar-refractivity contribution in [3.05, 3.63) is 94.1 Å². The number of amides is 1. The lowest BCUT2D eigenvalue weighted by Crippen LogP contribution is -2.29. The molecule has 1 aromatic carbocycles. The molecule has 0 saturated carbocycles. The number of pyridine rings is 1. The Bertz CT molecular complexity index is 1260. The lowest BCUT2D eigenvalue weighted by Gasteiger charge is -2.25. The van der Waals surface area contributed by atoms with Crippen molar-refractivity contribution in [3.8, 4) is 0 Å². The van der Waals surface area contributed by atoms with Crippen molar-refractivity contribution < 1.29 is 24.2 Å². The minimum absolute atomic E-state index is 0.0308. The van der Waals surface area contributed by atoms with E-state index in [1.807, 2.05) is 24.3 Å². The van der Waals surface area contributed by atoms with Crippen LogP contribution in [0.5, 0.6) is 0 Å². The molecule has 2 aromatic heterocycles. The quantitative estimate of drug-likeness (QED) is 0.269. The van der Waals surface area contributed by atoms with Gasteiger partial charge in [0.15, 0.2) is 0 Å². The first-order valence-electron chi connectivity index (χ1n) is 10.3. The molecule has 0 aliphatic carbocycles. The summed E-state index contributed by atoms with van der Waals surface area (Å²) >= 11 is 0. The number of ether oxygens (including phenoxy) is 1. The van der Waals surface area contributed by atoms with E-state index in [1.54, 1.807) is 44.4 Å². The van der Waals surface area contributed by atoms with Crippen molar-refractivity contribution in [1.82, 2.24) is 14.9 Å². The normalized spacial score (nSPS) is 17.4. The lowest BCUT2D eigenvalue weighted by atomic mass is 9.94. The number of H-pyrrole nitrogens is 1. The zero-order valence-electron chi connectivity index (χ0n) is 18.5. The Balaban J connectivity index is 1.90. The van der Waals surface area contributed by atoms with Gasteiger partial charge in [-0.2, -0.15) is 0 Å². The number of carbonyl (C=O) groups is 3. The van der Waals surface area contributed by atoms with Crippen molar-refractivity contribution in [3.63, 3.8) is 0 Å². The molecule has 3 aromatic rings. The van der Waals surface area contributed by atoms with Gasteiger partial charge in [0.05, 0.1) is 18.7 Å². The van der Waals surface area contributed by atoms with E-state index in [4.69, 9.17) is 4.74 Å². The number of hydrogen-bond donors (Lipinski definition) is 2. The van der Waals surface area contributed by atoms with E-state index in [0.717, 1.165) is 5.56 Å². The van der Waals surface area contributed by atoms with Crippen molar-refractivity contribution in [2.45, 2.75) is 26.4 Å². The fraction of sp³-hybridized carbons (Fsp3) is 0.200. The molecule has 168 valence electrons. The number of nitrogens with zero attached hydrogens (tertiary/aromatic N) is 2. The molecule has 4 rings (SSSR count). The van der Waals surface area contributed by atoms with Crippen LogP contribution < -0.4 is 0 Å². The second-order valence-electron chi connectivity index (χ2n) is 7.82. The van der Waals surface area contributed by atoms with Crippen LogP contribution >= 0.6 is 0 Å². The largest absolute Gasteiger partial charge is 0.507 e. The van der Waals surface area contributed by atoms with E-state index >= 15 is 0 Å². The molecular formula is C25H23N3O5. The van der Waals surface area contributed by atoms with Gasteiger partial charge in [-0.1, -0.05) is 36.4 Å². The zero-order valence-corrected chi connectivity index (χ0v) is 18.5. The van der Waals surface area contributed by atoms with Crippen LogP contribution in [0.25, 0.3) is 5.76 Å². The number of aromatic amines is 1. The highest BCUT2D eigenvalue weighted by Gasteiger charge is 2.46. The summed E-state index contributed by atoms with van der Waals surface area (Å²) in [7, 11) is 1.26. The van der Waals surface area contributed by atoms with Crippen molar-refractivity contribution >= 4 is 23.4 Å². The predicted octanol–water partition coefficient (Wildman–Crippen LogP) is 3.44. The summed E-state index contributed by atoms with van der Waals surface area (Å²) in [6.07, 6.45) is 3.26. The van der Waals surface area contributed by atoms with E-state index in [0.29, 0.717) is 22.4 Å². The van der Waals surface area contributed by atoms with Crippen LogP contribution in [0.1, 0.15) is 44.5 Å². The van der Waals surface area contributed by atoms with Crippen LogP contribution in [0.15, 0.2) is 60.4 Å². The molecule has 8 heteroatoms. The van der Waals surface area contributed by atoms with Gasteiger partial charge in [0.2, 0.25) is 0 Å². The molecule has 1 atom stereocenters. The zero-order chi connectivity index (χ0) is 23.7. The Hall–Kier alpha value is -4.20. The van der Waals surface area contributed by atoms with Crippen molar-refractivity contribution in [2.75, 3.05) is 7.11 Å². The molecule has 33 heavy (non-hydrogen) atoms. The highest BCUT2D eigenvalue weighted by Crippen LogP contribution is 2.41. The standard InChI is InChI=1S/C25H23N3O5/c1-14-18(15(2)27-20(14)25(32)33-3)22(29)19-21(17-9-5-4-6-10-17)28(24(31)23(19)30)13-16-8-7-11-26-12-16/h4-12,21,27,29H,13H2,1-3H3/t21-/m0/s1. The SMILES string of the molecule is COC(=O)c1[nH]c(C)c(C(O)=C2C(=O)C(=O)N(Cc3cccnc3)[C@H]2c2ccccc2)c1C. The predicted molar refractivity (Wildman–Crippen MR) is 120 cm³/mol. The van der Waals surface area contributed by atoms with Gasteiger partial charge in [0, 0.05) is 30.2 Å². The second-order valence-corrected chi connectivity index (χ2v) is 7.82. The van der Waals surface area contributed by atoms with E-state index in [-0.39, 0.29) is 23.6 Å². The molecular weight excluding hydrogens is 422 g/mol. The first kappa shape index (κ1) is 22.0. The number of likely N-dealkylation sites (tertiary alicyclic amines) is 1. The maximum Gasteiger partial charge on any atom is 0.354 e. The number of ketones is 1. The van der Waals surface area contributed by atoms with E-state index < -0.39 is 23.7 Å². The van der Waals surface area contributed by atoms with Crippen LogP contribution in [0.4, 0.5) is 0 Å². The number of hydrogen-bond acceptors (Lipinski definition) is 6. The van der Waals surface area contributed by atoms with Crippen LogP contribution in [0, 0.1) is 13.8 Å².